The van der Waals surface area contributed by atoms with Gasteiger partial charge in [0.25, 0.3) is 5.91 Å². The maximum Gasteiger partial charge on any atom is 0.354 e. The van der Waals surface area contributed by atoms with E-state index in [2.05, 4.69) is 10.3 Å². The van der Waals surface area contributed by atoms with Crippen molar-refractivity contribution < 1.29 is 14.7 Å². The summed E-state index contributed by atoms with van der Waals surface area (Å²) in [6, 6.07) is 4.51. The van der Waals surface area contributed by atoms with E-state index in [1.165, 1.54) is 31.0 Å². The average Bonchev–Trinajstić information content (AvgIpc) is 3.20. The van der Waals surface area contributed by atoms with Gasteiger partial charge < -0.3 is 10.4 Å². The lowest BCUT2D eigenvalue weighted by Gasteiger charge is -2.13. The molecule has 102 valence electrons. The minimum Gasteiger partial charge on any atom is -0.477 e. The third-order valence-electron chi connectivity index (χ3n) is 3.28. The predicted molar refractivity (Wildman–Crippen MR) is 70.1 cm³/mol. The molecule has 1 atom stereocenters. The van der Waals surface area contributed by atoms with Crippen LogP contribution in [0.2, 0.25) is 0 Å². The molecule has 0 spiro atoms. The summed E-state index contributed by atoms with van der Waals surface area (Å²) < 4.78 is 0. The van der Waals surface area contributed by atoms with Crippen LogP contribution in [0.15, 0.2) is 18.2 Å². The van der Waals surface area contributed by atoms with Crippen LogP contribution >= 0.6 is 0 Å². The lowest BCUT2D eigenvalue weighted by molar-refractivity contribution is 0.0690. The van der Waals surface area contributed by atoms with E-state index in [0.29, 0.717) is 0 Å². The molecule has 1 aliphatic carbocycles. The molecule has 1 unspecified atom stereocenters. The van der Waals surface area contributed by atoms with Crippen LogP contribution in [-0.4, -0.2) is 28.0 Å². The van der Waals surface area contributed by atoms with Gasteiger partial charge in [0.15, 0.2) is 0 Å². The minimum atomic E-state index is -1.13. The Kier molecular flexibility index (Phi) is 4.14. The fraction of sp³-hybridized carbons (Fsp3) is 0.500. The second kappa shape index (κ2) is 5.82. The summed E-state index contributed by atoms with van der Waals surface area (Å²) in [5.41, 5.74) is 0.0384. The maximum atomic E-state index is 11.9. The zero-order chi connectivity index (χ0) is 13.8. The standard InChI is InChI=1S/C14H18N2O3/c1-9(5-6-10-7-8-10)15-13(17)11-3-2-4-12(16-11)14(18)19/h2-4,9-10H,5-8H2,1H3,(H,15,17)(H,18,19). The van der Waals surface area contributed by atoms with E-state index in [-0.39, 0.29) is 23.3 Å². The molecule has 0 saturated heterocycles. The lowest BCUT2D eigenvalue weighted by Crippen LogP contribution is -2.33. The Balaban J connectivity index is 1.90. The number of amides is 1. The molecule has 2 N–H and O–H groups in total. The smallest absolute Gasteiger partial charge is 0.354 e. The molecule has 1 saturated carbocycles. The Morgan fingerprint density at radius 3 is 2.74 bits per heavy atom. The van der Waals surface area contributed by atoms with Gasteiger partial charge in [0.2, 0.25) is 0 Å². The van der Waals surface area contributed by atoms with Crippen LogP contribution in [0, 0.1) is 5.92 Å². The van der Waals surface area contributed by atoms with E-state index < -0.39 is 5.97 Å². The molecule has 1 aromatic heterocycles. The second-order valence-electron chi connectivity index (χ2n) is 5.11. The highest BCUT2D eigenvalue weighted by Crippen LogP contribution is 2.33. The van der Waals surface area contributed by atoms with E-state index in [1.54, 1.807) is 0 Å². The summed E-state index contributed by atoms with van der Waals surface area (Å²) in [5.74, 6) is -0.601. The number of pyridine rings is 1. The van der Waals surface area contributed by atoms with Gasteiger partial charge in [0.05, 0.1) is 0 Å². The summed E-state index contributed by atoms with van der Waals surface area (Å²) in [5, 5.41) is 11.7. The number of carbonyl (C=O) groups is 2. The first kappa shape index (κ1) is 13.5. The molecule has 19 heavy (non-hydrogen) atoms. The van der Waals surface area contributed by atoms with Crippen LogP contribution in [0.25, 0.3) is 0 Å². The van der Waals surface area contributed by atoms with Crippen molar-refractivity contribution in [3.05, 3.63) is 29.6 Å². The van der Waals surface area contributed by atoms with E-state index in [4.69, 9.17) is 5.11 Å². The lowest BCUT2D eigenvalue weighted by atomic mass is 10.1. The third-order valence-corrected chi connectivity index (χ3v) is 3.28. The second-order valence-corrected chi connectivity index (χ2v) is 5.11. The van der Waals surface area contributed by atoms with Crippen molar-refractivity contribution >= 4 is 11.9 Å². The largest absolute Gasteiger partial charge is 0.477 e. The zero-order valence-electron chi connectivity index (χ0n) is 10.9. The number of nitrogens with one attached hydrogen (secondary N) is 1. The van der Waals surface area contributed by atoms with E-state index in [1.807, 2.05) is 6.92 Å². The highest BCUT2D eigenvalue weighted by atomic mass is 16.4. The molecular weight excluding hydrogens is 244 g/mol. The molecule has 1 amide bonds. The first-order valence-corrected chi connectivity index (χ1v) is 6.57. The Morgan fingerprint density at radius 1 is 1.42 bits per heavy atom. The molecule has 0 aromatic carbocycles. The molecule has 5 heteroatoms. The predicted octanol–water partition coefficient (Wildman–Crippen LogP) is 2.09. The van der Waals surface area contributed by atoms with Gasteiger partial charge in [0.1, 0.15) is 11.4 Å². The monoisotopic (exact) mass is 262 g/mol. The van der Waals surface area contributed by atoms with Crippen molar-refractivity contribution in [2.45, 2.75) is 38.6 Å². The molecular formula is C14H18N2O3. The molecule has 5 nitrogen and oxygen atoms in total. The SMILES string of the molecule is CC(CCC1CC1)NC(=O)c1cccc(C(=O)O)n1. The van der Waals surface area contributed by atoms with Crippen LogP contribution in [-0.2, 0) is 0 Å². The van der Waals surface area contributed by atoms with Gasteiger partial charge in [-0.3, -0.25) is 4.79 Å². The van der Waals surface area contributed by atoms with Crippen LogP contribution in [0.4, 0.5) is 0 Å². The van der Waals surface area contributed by atoms with Gasteiger partial charge in [-0.05, 0) is 37.8 Å². The van der Waals surface area contributed by atoms with Gasteiger partial charge in [-0.25, -0.2) is 9.78 Å². The Morgan fingerprint density at radius 2 is 2.11 bits per heavy atom. The number of rotatable bonds is 6. The maximum absolute atomic E-state index is 11.9. The molecule has 1 aliphatic rings. The molecule has 0 aliphatic heterocycles. The number of carboxylic acid groups (broad SMARTS) is 1. The average molecular weight is 262 g/mol. The number of hydrogen-bond donors (Lipinski definition) is 2. The highest BCUT2D eigenvalue weighted by molar-refractivity contribution is 5.94. The number of carboxylic acids is 1. The van der Waals surface area contributed by atoms with Gasteiger partial charge in [-0.1, -0.05) is 18.9 Å². The Bertz CT molecular complexity index is 483. The van der Waals surface area contributed by atoms with Crippen molar-refractivity contribution in [3.63, 3.8) is 0 Å². The van der Waals surface area contributed by atoms with Crippen molar-refractivity contribution in [3.8, 4) is 0 Å². The Hall–Kier alpha value is -1.91. The van der Waals surface area contributed by atoms with Gasteiger partial charge >= 0.3 is 5.97 Å². The first-order chi connectivity index (χ1) is 9.06. The summed E-state index contributed by atoms with van der Waals surface area (Å²) in [6.45, 7) is 1.96. The van der Waals surface area contributed by atoms with Crippen molar-refractivity contribution in [1.29, 1.82) is 0 Å². The Labute approximate surface area is 112 Å². The minimum absolute atomic E-state index is 0.0865. The molecule has 1 aromatic rings. The van der Waals surface area contributed by atoms with Crippen LogP contribution in [0.1, 0.15) is 53.6 Å². The van der Waals surface area contributed by atoms with Crippen molar-refractivity contribution in [2.24, 2.45) is 5.92 Å². The summed E-state index contributed by atoms with van der Waals surface area (Å²) in [6.07, 6.45) is 4.71. The van der Waals surface area contributed by atoms with Crippen LogP contribution in [0.3, 0.4) is 0 Å². The third kappa shape index (κ3) is 4.05. The molecule has 0 radical (unpaired) electrons. The quantitative estimate of drug-likeness (QED) is 0.822. The summed E-state index contributed by atoms with van der Waals surface area (Å²) in [7, 11) is 0. The number of hydrogen-bond acceptors (Lipinski definition) is 3. The number of aromatic carboxylic acids is 1. The fourth-order valence-corrected chi connectivity index (χ4v) is 1.94. The van der Waals surface area contributed by atoms with Crippen molar-refractivity contribution in [1.82, 2.24) is 10.3 Å². The molecule has 2 rings (SSSR count). The van der Waals surface area contributed by atoms with Gasteiger partial charge in [0, 0.05) is 6.04 Å². The van der Waals surface area contributed by atoms with Crippen LogP contribution < -0.4 is 5.32 Å². The summed E-state index contributed by atoms with van der Waals surface area (Å²) in [4.78, 5) is 26.5. The first-order valence-electron chi connectivity index (χ1n) is 6.57. The molecule has 0 bridgehead atoms. The number of carbonyl (C=O) groups excluding carboxylic acids is 1. The van der Waals surface area contributed by atoms with Gasteiger partial charge in [-0.15, -0.1) is 0 Å². The number of aromatic nitrogens is 1. The van der Waals surface area contributed by atoms with E-state index in [9.17, 15) is 9.59 Å². The van der Waals surface area contributed by atoms with Gasteiger partial charge in [-0.2, -0.15) is 0 Å². The highest BCUT2D eigenvalue weighted by Gasteiger charge is 2.22. The summed E-state index contributed by atoms with van der Waals surface area (Å²) >= 11 is 0. The van der Waals surface area contributed by atoms with E-state index in [0.717, 1.165) is 18.8 Å². The topological polar surface area (TPSA) is 79.3 Å². The van der Waals surface area contributed by atoms with Crippen molar-refractivity contribution in [2.75, 3.05) is 0 Å². The molecule has 1 fully saturated rings. The molecule has 1 heterocycles. The normalized spacial score (nSPS) is 15.8. The zero-order valence-corrected chi connectivity index (χ0v) is 10.9. The number of nitrogens with zero attached hydrogens (tertiary/aromatic N) is 1. The van der Waals surface area contributed by atoms with E-state index >= 15 is 0 Å². The van der Waals surface area contributed by atoms with Crippen LogP contribution in [0.5, 0.6) is 0 Å². The fourth-order valence-electron chi connectivity index (χ4n) is 1.94.